The fourth-order valence-electron chi connectivity index (χ4n) is 4.21. The zero-order valence-electron chi connectivity index (χ0n) is 20.1. The summed E-state index contributed by atoms with van der Waals surface area (Å²) in [6.07, 6.45) is 4.46. The molecule has 7 heteroatoms. The Hall–Kier alpha value is -3.01. The summed E-state index contributed by atoms with van der Waals surface area (Å²) in [5.41, 5.74) is 4.97. The number of nitrogens with zero attached hydrogens (tertiary/aromatic N) is 4. The molecule has 1 fully saturated rings. The Balaban J connectivity index is 1.71. The van der Waals surface area contributed by atoms with Gasteiger partial charge >= 0.3 is 0 Å². The lowest BCUT2D eigenvalue weighted by atomic mass is 9.99. The predicted octanol–water partition coefficient (Wildman–Crippen LogP) is 6.50. The average Bonchev–Trinajstić information content (AvgIpc) is 3.17. The van der Waals surface area contributed by atoms with Gasteiger partial charge in [0, 0.05) is 49.0 Å². The molecule has 0 spiro atoms. The Morgan fingerprint density at radius 1 is 1.03 bits per heavy atom. The normalized spacial score (nSPS) is 13.7. The number of likely N-dealkylation sites (tertiary alicyclic amines) is 1. The third kappa shape index (κ3) is 6.17. The van der Waals surface area contributed by atoms with Crippen molar-refractivity contribution < 1.29 is 4.79 Å². The molecular weight excluding hydrogens is 476 g/mol. The van der Waals surface area contributed by atoms with Gasteiger partial charge in [0.1, 0.15) is 11.1 Å². The van der Waals surface area contributed by atoms with Crippen LogP contribution in [-0.2, 0) is 4.79 Å². The van der Waals surface area contributed by atoms with Crippen molar-refractivity contribution in [1.29, 1.82) is 5.26 Å². The first kappa shape index (κ1) is 25.1. The van der Waals surface area contributed by atoms with Gasteiger partial charge < -0.3 is 9.80 Å². The first-order chi connectivity index (χ1) is 17.0. The number of nitriles is 1. The van der Waals surface area contributed by atoms with Crippen LogP contribution in [0.5, 0.6) is 0 Å². The SMILES string of the molecule is CN(C)c1ccc(-c2cc(-c3ccc(Cl)cc3)nc(SCC(=O)N3CCCCCC3)c2C#N)cc1. The number of carbonyl (C=O) groups excluding carboxylic acids is 1. The second kappa shape index (κ2) is 11.6. The van der Waals surface area contributed by atoms with Crippen LogP contribution >= 0.6 is 23.4 Å². The molecule has 1 aliphatic rings. The van der Waals surface area contributed by atoms with Gasteiger partial charge in [0.05, 0.1) is 17.0 Å². The van der Waals surface area contributed by atoms with E-state index in [0.717, 1.165) is 54.0 Å². The highest BCUT2D eigenvalue weighted by Gasteiger charge is 2.20. The summed E-state index contributed by atoms with van der Waals surface area (Å²) in [6, 6.07) is 19.9. The van der Waals surface area contributed by atoms with Crippen molar-refractivity contribution in [3.8, 4) is 28.5 Å². The summed E-state index contributed by atoms with van der Waals surface area (Å²) >= 11 is 7.45. The second-order valence-electron chi connectivity index (χ2n) is 8.88. The van der Waals surface area contributed by atoms with Crippen molar-refractivity contribution in [3.63, 3.8) is 0 Å². The highest BCUT2D eigenvalue weighted by atomic mass is 35.5. The second-order valence-corrected chi connectivity index (χ2v) is 10.3. The van der Waals surface area contributed by atoms with Crippen molar-refractivity contribution >= 4 is 35.0 Å². The minimum atomic E-state index is 0.108. The summed E-state index contributed by atoms with van der Waals surface area (Å²) < 4.78 is 0. The molecule has 1 saturated heterocycles. The lowest BCUT2D eigenvalue weighted by Crippen LogP contribution is -2.33. The van der Waals surface area contributed by atoms with Crippen molar-refractivity contribution in [3.05, 3.63) is 65.2 Å². The highest BCUT2D eigenvalue weighted by molar-refractivity contribution is 8.00. The zero-order valence-corrected chi connectivity index (χ0v) is 21.7. The van der Waals surface area contributed by atoms with Gasteiger partial charge in [-0.25, -0.2) is 4.98 Å². The molecule has 180 valence electrons. The molecule has 4 rings (SSSR count). The van der Waals surface area contributed by atoms with Crippen LogP contribution in [0.3, 0.4) is 0 Å². The van der Waals surface area contributed by atoms with Crippen molar-refractivity contribution in [2.24, 2.45) is 0 Å². The van der Waals surface area contributed by atoms with E-state index >= 15 is 0 Å². The number of hydrogen-bond acceptors (Lipinski definition) is 5. The quantitative estimate of drug-likeness (QED) is 0.358. The number of pyridine rings is 1. The first-order valence-electron chi connectivity index (χ1n) is 11.9. The lowest BCUT2D eigenvalue weighted by molar-refractivity contribution is -0.128. The van der Waals surface area contributed by atoms with E-state index in [1.807, 2.05) is 78.5 Å². The number of thioether (sulfide) groups is 1. The van der Waals surface area contributed by atoms with Crippen LogP contribution in [0.2, 0.25) is 5.02 Å². The van der Waals surface area contributed by atoms with Crippen LogP contribution in [0.15, 0.2) is 59.6 Å². The lowest BCUT2D eigenvalue weighted by Gasteiger charge is -2.20. The first-order valence-corrected chi connectivity index (χ1v) is 13.2. The van der Waals surface area contributed by atoms with Crippen molar-refractivity contribution in [2.75, 3.05) is 37.8 Å². The molecule has 35 heavy (non-hydrogen) atoms. The van der Waals surface area contributed by atoms with Crippen LogP contribution in [0.1, 0.15) is 31.2 Å². The largest absolute Gasteiger partial charge is 0.378 e. The van der Waals surface area contributed by atoms with Gasteiger partial charge in [0.25, 0.3) is 0 Å². The van der Waals surface area contributed by atoms with Gasteiger partial charge in [-0.2, -0.15) is 5.26 Å². The molecule has 1 aliphatic heterocycles. The topological polar surface area (TPSA) is 60.2 Å². The summed E-state index contributed by atoms with van der Waals surface area (Å²) in [5, 5.41) is 11.4. The fourth-order valence-corrected chi connectivity index (χ4v) is 5.24. The van der Waals surface area contributed by atoms with E-state index in [2.05, 4.69) is 6.07 Å². The molecule has 0 bridgehead atoms. The van der Waals surface area contributed by atoms with Crippen LogP contribution in [-0.4, -0.2) is 48.7 Å². The molecule has 0 radical (unpaired) electrons. The van der Waals surface area contributed by atoms with Crippen molar-refractivity contribution in [1.82, 2.24) is 9.88 Å². The van der Waals surface area contributed by atoms with E-state index in [0.29, 0.717) is 15.6 Å². The molecule has 0 saturated carbocycles. The highest BCUT2D eigenvalue weighted by Crippen LogP contribution is 2.35. The minimum absolute atomic E-state index is 0.108. The summed E-state index contributed by atoms with van der Waals surface area (Å²) in [7, 11) is 3.99. The molecule has 0 N–H and O–H groups in total. The number of amides is 1. The fraction of sp³-hybridized carbons (Fsp3) is 0.321. The molecule has 1 aromatic heterocycles. The monoisotopic (exact) mass is 504 g/mol. The molecule has 5 nitrogen and oxygen atoms in total. The maximum atomic E-state index is 12.9. The van der Waals surface area contributed by atoms with E-state index in [4.69, 9.17) is 16.6 Å². The Morgan fingerprint density at radius 2 is 1.66 bits per heavy atom. The number of benzene rings is 2. The van der Waals surface area contributed by atoms with Crippen LogP contribution in [0.4, 0.5) is 5.69 Å². The molecule has 1 amide bonds. The minimum Gasteiger partial charge on any atom is -0.378 e. The molecule has 2 aromatic carbocycles. The Morgan fingerprint density at radius 3 is 2.26 bits per heavy atom. The molecule has 0 aliphatic carbocycles. The molecule has 0 unspecified atom stereocenters. The van der Waals surface area contributed by atoms with Gasteiger partial charge in [-0.3, -0.25) is 4.79 Å². The Bertz CT molecular complexity index is 1210. The number of halogens is 1. The summed E-state index contributed by atoms with van der Waals surface area (Å²) in [5.74, 6) is 0.376. The number of aromatic nitrogens is 1. The zero-order chi connectivity index (χ0) is 24.8. The maximum Gasteiger partial charge on any atom is 0.232 e. The van der Waals surface area contributed by atoms with Gasteiger partial charge in [-0.15, -0.1) is 0 Å². The molecular formula is C28H29ClN4OS. The molecule has 0 atom stereocenters. The summed E-state index contributed by atoms with van der Waals surface area (Å²) in [4.78, 5) is 21.8. The third-order valence-electron chi connectivity index (χ3n) is 6.22. The van der Waals surface area contributed by atoms with E-state index in [1.165, 1.54) is 24.6 Å². The third-order valence-corrected chi connectivity index (χ3v) is 7.44. The number of carbonyl (C=O) groups is 1. The van der Waals surface area contributed by atoms with Gasteiger partial charge in [-0.1, -0.05) is 60.5 Å². The predicted molar refractivity (Wildman–Crippen MR) is 145 cm³/mol. The number of hydrogen-bond donors (Lipinski definition) is 0. The smallest absolute Gasteiger partial charge is 0.232 e. The Kier molecular flexibility index (Phi) is 8.33. The van der Waals surface area contributed by atoms with Gasteiger partial charge in [0.15, 0.2) is 0 Å². The number of anilines is 1. The Labute approximate surface area is 216 Å². The average molecular weight is 505 g/mol. The van der Waals surface area contributed by atoms with E-state index in [1.54, 1.807) is 0 Å². The molecule has 3 aromatic rings. The van der Waals surface area contributed by atoms with Crippen molar-refractivity contribution in [2.45, 2.75) is 30.7 Å². The van der Waals surface area contributed by atoms with E-state index < -0.39 is 0 Å². The van der Waals surface area contributed by atoms with Crippen LogP contribution in [0, 0.1) is 11.3 Å². The van der Waals surface area contributed by atoms with Crippen LogP contribution < -0.4 is 4.90 Å². The van der Waals surface area contributed by atoms with E-state index in [9.17, 15) is 10.1 Å². The van der Waals surface area contributed by atoms with Gasteiger partial charge in [-0.05, 0) is 48.7 Å². The molecule has 2 heterocycles. The standard InChI is InChI=1S/C28H29ClN4OS/c1-32(2)23-13-9-20(10-14-23)24-17-26(21-7-11-22(29)12-8-21)31-28(25(24)18-30)35-19-27(34)33-15-5-3-4-6-16-33/h7-14,17H,3-6,15-16,19H2,1-2H3. The summed E-state index contributed by atoms with van der Waals surface area (Å²) in [6.45, 7) is 1.62. The maximum absolute atomic E-state index is 12.9. The van der Waals surface area contributed by atoms with Gasteiger partial charge in [0.2, 0.25) is 5.91 Å². The number of rotatable bonds is 6. The van der Waals surface area contributed by atoms with Crippen LogP contribution in [0.25, 0.3) is 22.4 Å². The van der Waals surface area contributed by atoms with E-state index in [-0.39, 0.29) is 11.7 Å².